The van der Waals surface area contributed by atoms with Gasteiger partial charge in [0.1, 0.15) is 0 Å². The van der Waals surface area contributed by atoms with Gasteiger partial charge in [-0.3, -0.25) is 4.79 Å². The topological polar surface area (TPSA) is 46.5 Å². The summed E-state index contributed by atoms with van der Waals surface area (Å²) in [7, 11) is 1.30. The predicted octanol–water partition coefficient (Wildman–Crippen LogP) is 2.48. The molecule has 1 aromatic carbocycles. The van der Waals surface area contributed by atoms with Gasteiger partial charge in [-0.05, 0) is 17.2 Å². The van der Waals surface area contributed by atoms with Gasteiger partial charge in [0.05, 0.1) is 18.6 Å². The van der Waals surface area contributed by atoms with Crippen LogP contribution in [0.15, 0.2) is 18.2 Å². The molecule has 0 heterocycles. The van der Waals surface area contributed by atoms with Gasteiger partial charge < -0.3 is 9.84 Å². The lowest BCUT2D eigenvalue weighted by atomic mass is 10.0. The van der Waals surface area contributed by atoms with Crippen molar-refractivity contribution in [1.82, 2.24) is 0 Å². The summed E-state index contributed by atoms with van der Waals surface area (Å²) >= 11 is 0. The number of carboxylic acid groups (broad SMARTS) is 1. The monoisotopic (exact) mass is 248 g/mol. The van der Waals surface area contributed by atoms with Gasteiger partial charge in [0.15, 0.2) is 0 Å². The molecule has 0 aromatic heterocycles. The van der Waals surface area contributed by atoms with Crippen LogP contribution in [0.4, 0.5) is 13.2 Å². The van der Waals surface area contributed by atoms with Gasteiger partial charge in [-0.1, -0.05) is 12.1 Å². The number of carboxylic acids is 1. The molecule has 3 nitrogen and oxygen atoms in total. The zero-order valence-corrected chi connectivity index (χ0v) is 9.04. The molecule has 0 saturated heterocycles. The summed E-state index contributed by atoms with van der Waals surface area (Å²) < 4.78 is 42.7. The van der Waals surface area contributed by atoms with Crippen LogP contribution in [0.25, 0.3) is 0 Å². The molecule has 0 radical (unpaired) electrons. The quantitative estimate of drug-likeness (QED) is 0.890. The Morgan fingerprint density at radius 3 is 2.53 bits per heavy atom. The van der Waals surface area contributed by atoms with E-state index in [1.807, 2.05) is 0 Å². The molecule has 0 aliphatic carbocycles. The zero-order chi connectivity index (χ0) is 13.1. The molecule has 0 unspecified atom stereocenters. The van der Waals surface area contributed by atoms with Crippen molar-refractivity contribution in [1.29, 1.82) is 0 Å². The highest BCUT2D eigenvalue weighted by atomic mass is 19.4. The maximum absolute atomic E-state index is 12.7. The summed E-state index contributed by atoms with van der Waals surface area (Å²) in [5.74, 6) is -1.17. The van der Waals surface area contributed by atoms with Gasteiger partial charge >= 0.3 is 12.1 Å². The predicted molar refractivity (Wildman–Crippen MR) is 53.5 cm³/mol. The minimum absolute atomic E-state index is 0.00543. The van der Waals surface area contributed by atoms with Crippen LogP contribution in [0.1, 0.15) is 16.7 Å². The Hall–Kier alpha value is -1.56. The van der Waals surface area contributed by atoms with Crippen LogP contribution in [0.3, 0.4) is 0 Å². The van der Waals surface area contributed by atoms with Crippen LogP contribution in [0.2, 0.25) is 0 Å². The molecule has 6 heteroatoms. The van der Waals surface area contributed by atoms with Crippen LogP contribution in [-0.4, -0.2) is 18.2 Å². The van der Waals surface area contributed by atoms with Crippen molar-refractivity contribution < 1.29 is 27.8 Å². The fraction of sp³-hybridized carbons (Fsp3) is 0.364. The summed E-state index contributed by atoms with van der Waals surface area (Å²) in [4.78, 5) is 10.4. The molecule has 17 heavy (non-hydrogen) atoms. The van der Waals surface area contributed by atoms with E-state index < -0.39 is 24.1 Å². The number of aliphatic carboxylic acids is 1. The van der Waals surface area contributed by atoms with Crippen LogP contribution in [-0.2, 0) is 28.7 Å². The highest BCUT2D eigenvalue weighted by Crippen LogP contribution is 2.33. The van der Waals surface area contributed by atoms with Gasteiger partial charge in [0.25, 0.3) is 0 Å². The third-order valence-corrected chi connectivity index (χ3v) is 2.13. The highest BCUT2D eigenvalue weighted by Gasteiger charge is 2.33. The number of ether oxygens (including phenoxy) is 1. The lowest BCUT2D eigenvalue weighted by molar-refractivity contribution is -0.139. The number of benzene rings is 1. The van der Waals surface area contributed by atoms with E-state index in [1.54, 1.807) is 0 Å². The molecule has 0 aliphatic heterocycles. The van der Waals surface area contributed by atoms with Crippen LogP contribution < -0.4 is 0 Å². The second kappa shape index (κ2) is 5.18. The maximum Gasteiger partial charge on any atom is 0.416 e. The minimum atomic E-state index is -4.51. The molecule has 0 atom stereocenters. The number of alkyl halides is 3. The second-order valence-corrected chi connectivity index (χ2v) is 3.49. The third kappa shape index (κ3) is 3.74. The molecule has 0 saturated carbocycles. The molecule has 0 amide bonds. The Balaban J connectivity index is 3.14. The fourth-order valence-corrected chi connectivity index (χ4v) is 1.45. The van der Waals surface area contributed by atoms with E-state index in [0.717, 1.165) is 6.07 Å². The van der Waals surface area contributed by atoms with Crippen molar-refractivity contribution >= 4 is 5.97 Å². The number of hydrogen-bond acceptors (Lipinski definition) is 2. The Morgan fingerprint density at radius 2 is 2.06 bits per heavy atom. The number of rotatable bonds is 4. The smallest absolute Gasteiger partial charge is 0.416 e. The van der Waals surface area contributed by atoms with Crippen molar-refractivity contribution in [3.8, 4) is 0 Å². The molecule has 0 spiro atoms. The summed E-state index contributed by atoms with van der Waals surface area (Å²) in [6.07, 6.45) is -4.95. The van der Waals surface area contributed by atoms with Gasteiger partial charge in [-0.15, -0.1) is 0 Å². The van der Waals surface area contributed by atoms with Crippen LogP contribution >= 0.6 is 0 Å². The molecule has 0 fully saturated rings. The Labute approximate surface area is 95.8 Å². The second-order valence-electron chi connectivity index (χ2n) is 3.49. The van der Waals surface area contributed by atoms with E-state index in [-0.39, 0.29) is 17.7 Å². The SMILES string of the molecule is COCc1ccc(CC(=O)O)cc1C(F)(F)F. The Morgan fingerprint density at radius 1 is 1.41 bits per heavy atom. The minimum Gasteiger partial charge on any atom is -0.481 e. The lowest BCUT2D eigenvalue weighted by Crippen LogP contribution is -2.11. The van der Waals surface area contributed by atoms with Gasteiger partial charge in [0, 0.05) is 7.11 Å². The summed E-state index contributed by atoms with van der Waals surface area (Å²) in [6, 6.07) is 3.45. The summed E-state index contributed by atoms with van der Waals surface area (Å²) in [5, 5.41) is 8.53. The number of carbonyl (C=O) groups is 1. The fourth-order valence-electron chi connectivity index (χ4n) is 1.45. The van der Waals surface area contributed by atoms with E-state index in [1.165, 1.54) is 19.2 Å². The molecule has 0 bridgehead atoms. The lowest BCUT2D eigenvalue weighted by Gasteiger charge is -2.13. The van der Waals surface area contributed by atoms with Gasteiger partial charge in [-0.2, -0.15) is 13.2 Å². The van der Waals surface area contributed by atoms with Crippen molar-refractivity contribution in [3.05, 3.63) is 34.9 Å². The van der Waals surface area contributed by atoms with Crippen LogP contribution in [0.5, 0.6) is 0 Å². The molecular formula is C11H11F3O3. The first kappa shape index (κ1) is 13.5. The molecular weight excluding hydrogens is 237 g/mol. The van der Waals surface area contributed by atoms with Crippen LogP contribution in [0, 0.1) is 0 Å². The average Bonchev–Trinajstić information content (AvgIpc) is 2.18. The summed E-state index contributed by atoms with van der Waals surface area (Å²) in [6.45, 7) is -0.164. The maximum atomic E-state index is 12.7. The molecule has 1 N–H and O–H groups in total. The summed E-state index contributed by atoms with van der Waals surface area (Å²) in [5.41, 5.74) is -0.739. The first-order chi connectivity index (χ1) is 7.84. The average molecular weight is 248 g/mol. The van der Waals surface area contributed by atoms with E-state index in [0.29, 0.717) is 0 Å². The molecule has 0 aliphatic rings. The van der Waals surface area contributed by atoms with Crippen molar-refractivity contribution in [3.63, 3.8) is 0 Å². The first-order valence-electron chi connectivity index (χ1n) is 4.74. The van der Waals surface area contributed by atoms with E-state index in [4.69, 9.17) is 5.11 Å². The molecule has 94 valence electrons. The zero-order valence-electron chi connectivity index (χ0n) is 9.04. The van der Waals surface area contributed by atoms with Crippen molar-refractivity contribution in [2.45, 2.75) is 19.2 Å². The van der Waals surface area contributed by atoms with Gasteiger partial charge in [0.2, 0.25) is 0 Å². The Bertz CT molecular complexity index is 413. The highest BCUT2D eigenvalue weighted by molar-refractivity contribution is 5.70. The van der Waals surface area contributed by atoms with Gasteiger partial charge in [-0.25, -0.2) is 0 Å². The standard InChI is InChI=1S/C11H11F3O3/c1-17-6-8-3-2-7(5-10(15)16)4-9(8)11(12,13)14/h2-4H,5-6H2,1H3,(H,15,16). The largest absolute Gasteiger partial charge is 0.481 e. The third-order valence-electron chi connectivity index (χ3n) is 2.13. The number of hydrogen-bond donors (Lipinski definition) is 1. The molecule has 1 rings (SSSR count). The van der Waals surface area contributed by atoms with Crippen molar-refractivity contribution in [2.24, 2.45) is 0 Å². The first-order valence-corrected chi connectivity index (χ1v) is 4.74. The van der Waals surface area contributed by atoms with E-state index >= 15 is 0 Å². The van der Waals surface area contributed by atoms with Crippen molar-refractivity contribution in [2.75, 3.05) is 7.11 Å². The van der Waals surface area contributed by atoms with E-state index in [9.17, 15) is 18.0 Å². The Kier molecular flexibility index (Phi) is 4.11. The number of methoxy groups -OCH3 is 1. The normalized spacial score (nSPS) is 11.5. The van der Waals surface area contributed by atoms with E-state index in [2.05, 4.69) is 4.74 Å². The number of halogens is 3. The molecule has 1 aromatic rings.